The minimum atomic E-state index is 0.824. The van der Waals surface area contributed by atoms with E-state index in [1.54, 1.807) is 13.3 Å². The minimum absolute atomic E-state index is 0.824. The number of hydrogen-bond acceptors (Lipinski definition) is 3. The fraction of sp³-hybridized carbons (Fsp3) is 0.0556. The summed E-state index contributed by atoms with van der Waals surface area (Å²) in [5.41, 5.74) is 5.01. The molecule has 0 aromatic heterocycles. The predicted molar refractivity (Wildman–Crippen MR) is 88.2 cm³/mol. The quantitative estimate of drug-likeness (QED) is 0.569. The third-order valence-corrected chi connectivity index (χ3v) is 3.25. The van der Waals surface area contributed by atoms with Gasteiger partial charge in [-0.25, -0.2) is 0 Å². The van der Waals surface area contributed by atoms with Crippen molar-refractivity contribution >= 4 is 22.7 Å². The standard InChI is InChI=1S/C18H16N2O/c1-21-18-8-4-5-14(11-18)13-19-20-17-10-9-15-6-2-3-7-16(15)12-17/h2-13,20H,1H3/b19-13+. The molecule has 0 heterocycles. The molecule has 0 aliphatic rings. The number of benzene rings is 3. The van der Waals surface area contributed by atoms with Gasteiger partial charge in [-0.2, -0.15) is 5.10 Å². The Labute approximate surface area is 123 Å². The van der Waals surface area contributed by atoms with Gasteiger partial charge in [-0.05, 0) is 40.6 Å². The van der Waals surface area contributed by atoms with Crippen molar-refractivity contribution in [3.8, 4) is 5.75 Å². The lowest BCUT2D eigenvalue weighted by atomic mass is 10.1. The summed E-state index contributed by atoms with van der Waals surface area (Å²) < 4.78 is 5.19. The summed E-state index contributed by atoms with van der Waals surface area (Å²) >= 11 is 0. The molecule has 0 bridgehead atoms. The molecule has 1 N–H and O–H groups in total. The number of fused-ring (bicyclic) bond motifs is 1. The number of methoxy groups -OCH3 is 1. The fourth-order valence-corrected chi connectivity index (χ4v) is 2.16. The average Bonchev–Trinajstić information content (AvgIpc) is 2.55. The summed E-state index contributed by atoms with van der Waals surface area (Å²) in [4.78, 5) is 0. The van der Waals surface area contributed by atoms with Crippen LogP contribution in [0.5, 0.6) is 5.75 Å². The summed E-state index contributed by atoms with van der Waals surface area (Å²) in [6.45, 7) is 0. The lowest BCUT2D eigenvalue weighted by Gasteiger charge is -2.03. The molecule has 0 spiro atoms. The molecule has 0 fully saturated rings. The van der Waals surface area contributed by atoms with Crippen molar-refractivity contribution < 1.29 is 4.74 Å². The summed E-state index contributed by atoms with van der Waals surface area (Å²) in [6.07, 6.45) is 1.78. The van der Waals surface area contributed by atoms with Crippen molar-refractivity contribution in [1.82, 2.24) is 0 Å². The zero-order chi connectivity index (χ0) is 14.5. The van der Waals surface area contributed by atoms with Gasteiger partial charge in [0.25, 0.3) is 0 Å². The predicted octanol–water partition coefficient (Wildman–Crippen LogP) is 4.29. The third kappa shape index (κ3) is 3.20. The number of hydrazone groups is 1. The van der Waals surface area contributed by atoms with Crippen LogP contribution in [0.3, 0.4) is 0 Å². The molecular formula is C18H16N2O. The lowest BCUT2D eigenvalue weighted by molar-refractivity contribution is 0.415. The van der Waals surface area contributed by atoms with E-state index in [0.717, 1.165) is 17.0 Å². The molecule has 0 amide bonds. The van der Waals surface area contributed by atoms with Crippen molar-refractivity contribution in [2.75, 3.05) is 12.5 Å². The normalized spacial score (nSPS) is 10.9. The molecule has 0 radical (unpaired) electrons. The zero-order valence-corrected chi connectivity index (χ0v) is 11.8. The summed E-state index contributed by atoms with van der Waals surface area (Å²) in [5.74, 6) is 0.824. The van der Waals surface area contributed by atoms with E-state index in [1.165, 1.54) is 10.8 Å². The third-order valence-electron chi connectivity index (χ3n) is 3.25. The van der Waals surface area contributed by atoms with Gasteiger partial charge in [0.05, 0.1) is 19.0 Å². The van der Waals surface area contributed by atoms with Gasteiger partial charge in [-0.15, -0.1) is 0 Å². The fourth-order valence-electron chi connectivity index (χ4n) is 2.16. The molecule has 0 unspecified atom stereocenters. The van der Waals surface area contributed by atoms with Crippen molar-refractivity contribution in [2.45, 2.75) is 0 Å². The van der Waals surface area contributed by atoms with E-state index in [9.17, 15) is 0 Å². The summed E-state index contributed by atoms with van der Waals surface area (Å²) in [6, 6.07) is 22.2. The molecule has 3 aromatic rings. The Hall–Kier alpha value is -2.81. The van der Waals surface area contributed by atoms with Crippen LogP contribution in [-0.2, 0) is 0 Å². The molecule has 3 aromatic carbocycles. The van der Waals surface area contributed by atoms with E-state index in [1.807, 2.05) is 42.5 Å². The lowest BCUT2D eigenvalue weighted by Crippen LogP contribution is -1.91. The van der Waals surface area contributed by atoms with E-state index in [2.05, 4.69) is 34.8 Å². The van der Waals surface area contributed by atoms with Crippen LogP contribution in [-0.4, -0.2) is 13.3 Å². The molecule has 0 saturated heterocycles. The second-order valence-corrected chi connectivity index (χ2v) is 4.71. The van der Waals surface area contributed by atoms with E-state index in [4.69, 9.17) is 4.74 Å². The number of nitrogens with zero attached hydrogens (tertiary/aromatic N) is 1. The average molecular weight is 276 g/mol. The van der Waals surface area contributed by atoms with Crippen molar-refractivity contribution in [3.63, 3.8) is 0 Å². The molecule has 3 nitrogen and oxygen atoms in total. The molecule has 104 valence electrons. The highest BCUT2D eigenvalue weighted by molar-refractivity contribution is 5.86. The van der Waals surface area contributed by atoms with Crippen LogP contribution < -0.4 is 10.2 Å². The molecule has 0 saturated carbocycles. The number of rotatable bonds is 4. The summed E-state index contributed by atoms with van der Waals surface area (Å²) in [7, 11) is 1.66. The Balaban J connectivity index is 1.74. The number of hydrogen-bond donors (Lipinski definition) is 1. The maximum absolute atomic E-state index is 5.19. The molecule has 3 rings (SSSR count). The van der Waals surface area contributed by atoms with Gasteiger partial charge in [0, 0.05) is 0 Å². The maximum Gasteiger partial charge on any atom is 0.119 e. The van der Waals surface area contributed by atoms with Crippen molar-refractivity contribution in [2.24, 2.45) is 5.10 Å². The Morgan fingerprint density at radius 2 is 1.76 bits per heavy atom. The second kappa shape index (κ2) is 6.09. The van der Waals surface area contributed by atoms with Crippen LogP contribution >= 0.6 is 0 Å². The Bertz CT molecular complexity index is 781. The first kappa shape index (κ1) is 13.2. The van der Waals surface area contributed by atoms with Gasteiger partial charge in [-0.1, -0.05) is 42.5 Å². The van der Waals surface area contributed by atoms with E-state index < -0.39 is 0 Å². The maximum atomic E-state index is 5.19. The zero-order valence-electron chi connectivity index (χ0n) is 11.8. The monoisotopic (exact) mass is 276 g/mol. The number of anilines is 1. The number of nitrogens with one attached hydrogen (secondary N) is 1. The van der Waals surface area contributed by atoms with Crippen molar-refractivity contribution in [1.29, 1.82) is 0 Å². The van der Waals surface area contributed by atoms with Crippen LogP contribution in [0.2, 0.25) is 0 Å². The molecule has 0 aliphatic carbocycles. The molecule has 0 atom stereocenters. The Kier molecular flexibility index (Phi) is 3.83. The van der Waals surface area contributed by atoms with Gasteiger partial charge in [-0.3, -0.25) is 5.43 Å². The van der Waals surface area contributed by atoms with Crippen LogP contribution in [0, 0.1) is 0 Å². The van der Waals surface area contributed by atoms with Gasteiger partial charge in [0.2, 0.25) is 0 Å². The molecule has 21 heavy (non-hydrogen) atoms. The number of ether oxygens (including phenoxy) is 1. The molecule has 0 aliphatic heterocycles. The highest BCUT2D eigenvalue weighted by atomic mass is 16.5. The first-order valence-corrected chi connectivity index (χ1v) is 6.77. The molecular weight excluding hydrogens is 260 g/mol. The van der Waals surface area contributed by atoms with E-state index in [-0.39, 0.29) is 0 Å². The van der Waals surface area contributed by atoms with Crippen LogP contribution in [0.4, 0.5) is 5.69 Å². The topological polar surface area (TPSA) is 33.6 Å². The molecule has 3 heteroatoms. The van der Waals surface area contributed by atoms with E-state index in [0.29, 0.717) is 0 Å². The largest absolute Gasteiger partial charge is 0.497 e. The van der Waals surface area contributed by atoms with Crippen LogP contribution in [0.15, 0.2) is 71.8 Å². The Morgan fingerprint density at radius 3 is 2.62 bits per heavy atom. The first-order chi connectivity index (χ1) is 10.3. The minimum Gasteiger partial charge on any atom is -0.497 e. The summed E-state index contributed by atoms with van der Waals surface area (Å²) in [5, 5.41) is 6.68. The van der Waals surface area contributed by atoms with Gasteiger partial charge in [0.15, 0.2) is 0 Å². The first-order valence-electron chi connectivity index (χ1n) is 6.77. The smallest absolute Gasteiger partial charge is 0.119 e. The van der Waals surface area contributed by atoms with Gasteiger partial charge in [0.1, 0.15) is 5.75 Å². The highest BCUT2D eigenvalue weighted by Gasteiger charge is 1.95. The van der Waals surface area contributed by atoms with Crippen LogP contribution in [0.1, 0.15) is 5.56 Å². The second-order valence-electron chi connectivity index (χ2n) is 4.71. The van der Waals surface area contributed by atoms with Crippen molar-refractivity contribution in [3.05, 3.63) is 72.3 Å². The van der Waals surface area contributed by atoms with Gasteiger partial charge >= 0.3 is 0 Å². The van der Waals surface area contributed by atoms with Crippen LogP contribution in [0.25, 0.3) is 10.8 Å². The Morgan fingerprint density at radius 1 is 0.905 bits per heavy atom. The SMILES string of the molecule is COc1cccc(/C=N/Nc2ccc3ccccc3c2)c1. The van der Waals surface area contributed by atoms with E-state index >= 15 is 0 Å². The van der Waals surface area contributed by atoms with Gasteiger partial charge < -0.3 is 4.74 Å². The highest BCUT2D eigenvalue weighted by Crippen LogP contribution is 2.18.